The van der Waals surface area contributed by atoms with Crippen molar-refractivity contribution in [3.63, 3.8) is 0 Å². The van der Waals surface area contributed by atoms with Gasteiger partial charge in [-0.3, -0.25) is 0 Å². The van der Waals surface area contributed by atoms with Gasteiger partial charge in [-0.15, -0.1) is 0 Å². The summed E-state index contributed by atoms with van der Waals surface area (Å²) < 4.78 is 2.49. The third-order valence-corrected chi connectivity index (χ3v) is 18.3. The molecule has 82 heavy (non-hydrogen) atoms. The maximum absolute atomic E-state index is 2.50. The van der Waals surface area contributed by atoms with Crippen molar-refractivity contribution >= 4 is 38.9 Å². The van der Waals surface area contributed by atoms with Crippen molar-refractivity contribution in [1.29, 1.82) is 0 Å². The molecule has 17 rings (SSSR count). The molecule has 2 heteroatoms. The predicted octanol–water partition coefficient (Wildman–Crippen LogP) is 20.3. The maximum Gasteiger partial charge on any atom is 0.0726 e. The number of rotatable bonds is 8. The van der Waals surface area contributed by atoms with Crippen LogP contribution in [-0.2, 0) is 10.8 Å². The Labute approximate surface area is 477 Å². The third-order valence-electron chi connectivity index (χ3n) is 18.3. The van der Waals surface area contributed by atoms with E-state index in [0.29, 0.717) is 0 Å². The number of aromatic nitrogens is 1. The Bertz CT molecular complexity index is 4750. The minimum absolute atomic E-state index is 0.469. The average Bonchev–Trinajstić information content (AvgIpc) is 1.95. The molecule has 3 aliphatic rings. The van der Waals surface area contributed by atoms with Gasteiger partial charge in [0.15, 0.2) is 0 Å². The molecule has 14 aromatic rings. The average molecular weight is 1040 g/mol. The lowest BCUT2D eigenvalue weighted by Crippen LogP contribution is -2.28. The van der Waals surface area contributed by atoms with Gasteiger partial charge in [0.1, 0.15) is 0 Å². The summed E-state index contributed by atoms with van der Waals surface area (Å²) in [5.74, 6) is 0. The van der Waals surface area contributed by atoms with Crippen molar-refractivity contribution in [3.05, 3.63) is 360 Å². The molecule has 0 saturated carbocycles. The fraction of sp³-hybridized carbons (Fsp3) is 0.0250. The van der Waals surface area contributed by atoms with Gasteiger partial charge in [-0.2, -0.15) is 0 Å². The van der Waals surface area contributed by atoms with E-state index in [9.17, 15) is 0 Å². The monoisotopic (exact) mass is 1040 g/mol. The van der Waals surface area contributed by atoms with Gasteiger partial charge in [-0.05, 0) is 161 Å². The summed E-state index contributed by atoms with van der Waals surface area (Å²) in [6.45, 7) is 0. The van der Waals surface area contributed by atoms with Crippen LogP contribution in [0.2, 0.25) is 0 Å². The molecule has 0 unspecified atom stereocenters. The molecule has 0 amide bonds. The molecule has 0 saturated heterocycles. The topological polar surface area (TPSA) is 8.17 Å². The maximum atomic E-state index is 2.50. The van der Waals surface area contributed by atoms with Gasteiger partial charge in [0.25, 0.3) is 0 Å². The van der Waals surface area contributed by atoms with Crippen LogP contribution in [0.25, 0.3) is 83.1 Å². The zero-order valence-electron chi connectivity index (χ0n) is 44.9. The Morgan fingerprint density at radius 3 is 1.33 bits per heavy atom. The van der Waals surface area contributed by atoms with Crippen LogP contribution in [0.5, 0.6) is 0 Å². The van der Waals surface area contributed by atoms with Gasteiger partial charge in [0.05, 0.1) is 21.9 Å². The van der Waals surface area contributed by atoms with Crippen LogP contribution >= 0.6 is 0 Å². The van der Waals surface area contributed by atoms with E-state index in [0.717, 1.165) is 33.9 Å². The van der Waals surface area contributed by atoms with Crippen molar-refractivity contribution in [3.8, 4) is 61.3 Å². The second-order valence-corrected chi connectivity index (χ2v) is 22.3. The van der Waals surface area contributed by atoms with E-state index < -0.39 is 10.8 Å². The summed E-state index contributed by atoms with van der Waals surface area (Å²) in [6, 6.07) is 118. The van der Waals surface area contributed by atoms with Gasteiger partial charge in [0.2, 0.25) is 0 Å². The minimum atomic E-state index is -0.469. The van der Waals surface area contributed by atoms with Crippen molar-refractivity contribution < 1.29 is 0 Å². The van der Waals surface area contributed by atoms with E-state index in [-0.39, 0.29) is 0 Å². The number of benzene rings is 13. The Morgan fingerprint density at radius 2 is 0.683 bits per heavy atom. The second-order valence-electron chi connectivity index (χ2n) is 22.3. The van der Waals surface area contributed by atoms with Crippen LogP contribution < -0.4 is 4.90 Å². The summed E-state index contributed by atoms with van der Waals surface area (Å²) in [5.41, 5.74) is 28.7. The molecular formula is C80H52N2. The number of para-hydroxylation sites is 1. The van der Waals surface area contributed by atoms with Gasteiger partial charge < -0.3 is 9.47 Å². The van der Waals surface area contributed by atoms with Gasteiger partial charge in [-0.25, -0.2) is 0 Å². The van der Waals surface area contributed by atoms with E-state index >= 15 is 0 Å². The number of nitrogens with zero attached hydrogens (tertiary/aromatic N) is 2. The fourth-order valence-corrected chi connectivity index (χ4v) is 14.9. The van der Waals surface area contributed by atoms with Crippen LogP contribution in [0.15, 0.2) is 315 Å². The molecule has 0 bridgehead atoms. The summed E-state index contributed by atoms with van der Waals surface area (Å²) in [5, 5.41) is 2.46. The smallest absolute Gasteiger partial charge is 0.0726 e. The van der Waals surface area contributed by atoms with Crippen LogP contribution in [0, 0.1) is 0 Å². The molecule has 0 radical (unpaired) electrons. The lowest BCUT2D eigenvalue weighted by Gasteiger charge is -2.33. The van der Waals surface area contributed by atoms with E-state index in [1.165, 1.54) is 111 Å². The van der Waals surface area contributed by atoms with Crippen LogP contribution in [0.4, 0.5) is 17.1 Å². The number of hydrogen-bond acceptors (Lipinski definition) is 1. The first-order valence-corrected chi connectivity index (χ1v) is 28.6. The first kappa shape index (κ1) is 46.4. The summed E-state index contributed by atoms with van der Waals surface area (Å²) in [7, 11) is 0. The Balaban J connectivity index is 0.835. The van der Waals surface area contributed by atoms with Crippen molar-refractivity contribution in [2.45, 2.75) is 10.8 Å². The molecule has 1 heterocycles. The molecule has 0 aliphatic heterocycles. The highest BCUT2D eigenvalue weighted by Gasteiger charge is 2.52. The van der Waals surface area contributed by atoms with Crippen LogP contribution in [0.1, 0.15) is 44.5 Å². The summed E-state index contributed by atoms with van der Waals surface area (Å²) in [4.78, 5) is 2.46. The highest BCUT2D eigenvalue weighted by atomic mass is 15.1. The van der Waals surface area contributed by atoms with Crippen LogP contribution in [0.3, 0.4) is 0 Å². The lowest BCUT2D eigenvalue weighted by molar-refractivity contribution is 0.768. The molecule has 13 aromatic carbocycles. The molecule has 382 valence electrons. The molecule has 1 spiro atoms. The highest BCUT2D eigenvalue weighted by Crippen LogP contribution is 2.64. The van der Waals surface area contributed by atoms with E-state index in [4.69, 9.17) is 0 Å². The SMILES string of the molecule is c1ccc(-c2ccc(N(c3cccc(-c4ccc5c6ccccc6n(-c6ccc7c(c6)-c6ccccc6C7(c6ccccc6)c6ccccc6)c5c4)c3)c3ccc4c(c3)C3(c5ccccc5-c5ccccc53)c3ccccc3-4)cc2)cc1. The largest absolute Gasteiger partial charge is 0.310 e. The van der Waals surface area contributed by atoms with E-state index in [2.05, 4.69) is 325 Å². The number of anilines is 3. The summed E-state index contributed by atoms with van der Waals surface area (Å²) >= 11 is 0. The van der Waals surface area contributed by atoms with E-state index in [1.54, 1.807) is 0 Å². The fourth-order valence-electron chi connectivity index (χ4n) is 14.9. The lowest BCUT2D eigenvalue weighted by atomic mass is 9.68. The van der Waals surface area contributed by atoms with Crippen molar-refractivity contribution in [2.75, 3.05) is 4.90 Å². The summed E-state index contributed by atoms with van der Waals surface area (Å²) in [6.07, 6.45) is 0. The molecule has 2 nitrogen and oxygen atoms in total. The molecule has 3 aliphatic carbocycles. The van der Waals surface area contributed by atoms with Crippen molar-refractivity contribution in [1.82, 2.24) is 4.57 Å². The molecule has 0 atom stereocenters. The first-order chi connectivity index (χ1) is 40.7. The molecular weight excluding hydrogens is 989 g/mol. The van der Waals surface area contributed by atoms with E-state index in [1.807, 2.05) is 0 Å². The van der Waals surface area contributed by atoms with Gasteiger partial charge in [0, 0.05) is 33.5 Å². The quantitative estimate of drug-likeness (QED) is 0.147. The Hall–Kier alpha value is -10.5. The zero-order valence-corrected chi connectivity index (χ0v) is 44.9. The molecule has 1 aromatic heterocycles. The second kappa shape index (κ2) is 18.0. The molecule has 0 N–H and O–H groups in total. The number of hydrogen-bond donors (Lipinski definition) is 0. The molecule has 0 fully saturated rings. The van der Waals surface area contributed by atoms with Crippen LogP contribution in [-0.4, -0.2) is 4.57 Å². The van der Waals surface area contributed by atoms with Gasteiger partial charge >= 0.3 is 0 Å². The van der Waals surface area contributed by atoms with Crippen molar-refractivity contribution in [2.24, 2.45) is 0 Å². The normalized spacial score (nSPS) is 13.6. The highest BCUT2D eigenvalue weighted by molar-refractivity contribution is 6.10. The number of fused-ring (bicyclic) bond motifs is 16. The standard InChI is InChI=1S/C80H52N2/c1-4-21-53(22-5-1)54-39-42-59(43-40-54)81(62-44-47-67-65-31-12-18-37-74(65)80(76(67)52-62)72-35-16-10-29-63(72)64-30-11-17-36-73(64)80)60-28-20-23-55(49-60)56-41-46-69-68-33-14-19-38-77(68)82(78(69)50-56)61-45-48-75-70(51-61)66-32-13-15-34-71(66)79(75,57-24-6-2-7-25-57)58-26-8-3-9-27-58/h1-52H. The first-order valence-electron chi connectivity index (χ1n) is 28.6. The zero-order chi connectivity index (χ0) is 53.9. The Kier molecular flexibility index (Phi) is 10.2. The third kappa shape index (κ3) is 6.52. The van der Waals surface area contributed by atoms with Gasteiger partial charge in [-0.1, -0.05) is 255 Å². The predicted molar refractivity (Wildman–Crippen MR) is 340 cm³/mol. The minimum Gasteiger partial charge on any atom is -0.310 e. The Morgan fingerprint density at radius 1 is 0.232 bits per heavy atom.